The normalized spacial score (nSPS) is 14.1. The first-order valence-electron chi connectivity index (χ1n) is 6.39. The molecule has 108 valence electrons. The fourth-order valence-corrected chi connectivity index (χ4v) is 2.57. The van der Waals surface area contributed by atoms with Gasteiger partial charge in [0.1, 0.15) is 5.75 Å². The van der Waals surface area contributed by atoms with Crippen LogP contribution in [0, 0.1) is 0 Å². The maximum Gasteiger partial charge on any atom is 0.257 e. The quantitative estimate of drug-likeness (QED) is 0.922. The lowest BCUT2D eigenvalue weighted by atomic mass is 10.1. The highest BCUT2D eigenvalue weighted by molar-refractivity contribution is 7.13. The van der Waals surface area contributed by atoms with Gasteiger partial charge in [0.25, 0.3) is 5.91 Å². The molecule has 3 rings (SSSR count). The maximum atomic E-state index is 12.2. The van der Waals surface area contributed by atoms with Crippen molar-refractivity contribution in [1.82, 2.24) is 4.98 Å². The minimum atomic E-state index is -0.266. The minimum Gasteiger partial charge on any atom is -0.491 e. The number of carbonyl (C=O) groups is 2. The summed E-state index contributed by atoms with van der Waals surface area (Å²) >= 11 is 1.35. The summed E-state index contributed by atoms with van der Waals surface area (Å²) in [5.41, 5.74) is 1.05. The Morgan fingerprint density at radius 3 is 3.10 bits per heavy atom. The number of hydrogen-bond donors (Lipinski definition) is 1. The van der Waals surface area contributed by atoms with E-state index in [0.29, 0.717) is 35.2 Å². The fourth-order valence-electron chi connectivity index (χ4n) is 2.05. The third-order valence-corrected chi connectivity index (χ3v) is 3.87. The van der Waals surface area contributed by atoms with Gasteiger partial charge in [-0.05, 0) is 18.2 Å². The molecule has 0 bridgehead atoms. The van der Waals surface area contributed by atoms with E-state index in [1.807, 2.05) is 0 Å². The van der Waals surface area contributed by atoms with Crippen molar-refractivity contribution in [2.75, 3.05) is 23.9 Å². The lowest BCUT2D eigenvalue weighted by Gasteiger charge is -2.17. The Balaban J connectivity index is 1.89. The molecule has 0 fully saturated rings. The molecule has 1 aromatic heterocycles. The van der Waals surface area contributed by atoms with Gasteiger partial charge in [-0.2, -0.15) is 0 Å². The Morgan fingerprint density at radius 2 is 2.33 bits per heavy atom. The maximum absolute atomic E-state index is 12.2. The minimum absolute atomic E-state index is 0.0359. The number of amides is 2. The number of benzene rings is 1. The zero-order chi connectivity index (χ0) is 14.8. The summed E-state index contributed by atoms with van der Waals surface area (Å²) in [7, 11) is 1.68. The van der Waals surface area contributed by atoms with Crippen LogP contribution in [0.2, 0.25) is 0 Å². The second kappa shape index (κ2) is 5.53. The molecule has 2 heterocycles. The molecule has 2 amide bonds. The van der Waals surface area contributed by atoms with E-state index in [0.717, 1.165) is 0 Å². The molecule has 1 aromatic carbocycles. The first-order chi connectivity index (χ1) is 10.1. The highest BCUT2D eigenvalue weighted by Crippen LogP contribution is 2.31. The molecule has 21 heavy (non-hydrogen) atoms. The van der Waals surface area contributed by atoms with Crippen LogP contribution in [0.25, 0.3) is 0 Å². The van der Waals surface area contributed by atoms with Crippen molar-refractivity contribution >= 4 is 34.0 Å². The molecule has 0 unspecified atom stereocenters. The van der Waals surface area contributed by atoms with Crippen LogP contribution in [0.3, 0.4) is 0 Å². The number of rotatable bonds is 2. The summed E-state index contributed by atoms with van der Waals surface area (Å²) in [6.45, 7) is 0.348. The second-order valence-electron chi connectivity index (χ2n) is 4.53. The molecule has 0 radical (unpaired) electrons. The first kappa shape index (κ1) is 13.6. The highest BCUT2D eigenvalue weighted by atomic mass is 32.1. The number of hydrogen-bond acceptors (Lipinski definition) is 5. The Kier molecular flexibility index (Phi) is 3.57. The Labute approximate surface area is 125 Å². The molecular formula is C14H13N3O3S. The van der Waals surface area contributed by atoms with E-state index in [4.69, 9.17) is 4.74 Å². The standard InChI is InChI=1S/C14H13N3O3S/c1-17-10-8-9(13(19)16-14-15-5-7-21-14)2-3-11(10)20-6-4-12(17)18/h2-3,5,7-8H,4,6H2,1H3,(H,15,16,19). The number of thiazole rings is 1. The predicted octanol–water partition coefficient (Wildman–Crippen LogP) is 2.14. The number of aromatic nitrogens is 1. The van der Waals surface area contributed by atoms with Crippen LogP contribution in [0.5, 0.6) is 5.75 Å². The van der Waals surface area contributed by atoms with Crippen LogP contribution in [-0.2, 0) is 4.79 Å². The molecule has 0 saturated carbocycles. The highest BCUT2D eigenvalue weighted by Gasteiger charge is 2.21. The summed E-state index contributed by atoms with van der Waals surface area (Å²) in [6, 6.07) is 5.04. The summed E-state index contributed by atoms with van der Waals surface area (Å²) in [6.07, 6.45) is 1.95. The molecule has 7 heteroatoms. The summed E-state index contributed by atoms with van der Waals surface area (Å²) in [5, 5.41) is 5.03. The molecule has 2 aromatic rings. The van der Waals surface area contributed by atoms with Crippen molar-refractivity contribution in [3.8, 4) is 5.75 Å². The van der Waals surface area contributed by atoms with Gasteiger partial charge < -0.3 is 9.64 Å². The van der Waals surface area contributed by atoms with Gasteiger partial charge in [-0.1, -0.05) is 0 Å². The number of nitrogens with one attached hydrogen (secondary N) is 1. The molecule has 1 aliphatic rings. The van der Waals surface area contributed by atoms with Crippen molar-refractivity contribution in [2.45, 2.75) is 6.42 Å². The molecule has 0 spiro atoms. The van der Waals surface area contributed by atoms with Gasteiger partial charge in [-0.15, -0.1) is 11.3 Å². The van der Waals surface area contributed by atoms with Gasteiger partial charge in [-0.25, -0.2) is 4.98 Å². The van der Waals surface area contributed by atoms with Gasteiger partial charge in [0.2, 0.25) is 5.91 Å². The number of fused-ring (bicyclic) bond motifs is 1. The van der Waals surface area contributed by atoms with Crippen LogP contribution < -0.4 is 15.0 Å². The van der Waals surface area contributed by atoms with E-state index in [1.165, 1.54) is 16.2 Å². The third kappa shape index (κ3) is 2.73. The van der Waals surface area contributed by atoms with Crippen LogP contribution >= 0.6 is 11.3 Å². The number of anilines is 2. The van der Waals surface area contributed by atoms with Crippen molar-refractivity contribution in [1.29, 1.82) is 0 Å². The average molecular weight is 303 g/mol. The average Bonchev–Trinajstić information content (AvgIpc) is 2.94. The number of ether oxygens (including phenoxy) is 1. The lowest BCUT2D eigenvalue weighted by molar-refractivity contribution is -0.118. The third-order valence-electron chi connectivity index (χ3n) is 3.18. The Bertz CT molecular complexity index is 685. The lowest BCUT2D eigenvalue weighted by Crippen LogP contribution is -2.25. The largest absolute Gasteiger partial charge is 0.491 e. The van der Waals surface area contributed by atoms with Crippen LogP contribution in [0.15, 0.2) is 29.8 Å². The van der Waals surface area contributed by atoms with E-state index >= 15 is 0 Å². The Hall–Kier alpha value is -2.41. The number of carbonyl (C=O) groups excluding carboxylic acids is 2. The van der Waals surface area contributed by atoms with Crippen molar-refractivity contribution in [3.63, 3.8) is 0 Å². The van der Waals surface area contributed by atoms with Gasteiger partial charge in [-0.3, -0.25) is 14.9 Å². The smallest absolute Gasteiger partial charge is 0.257 e. The molecule has 0 aliphatic carbocycles. The van der Waals surface area contributed by atoms with E-state index in [9.17, 15) is 9.59 Å². The summed E-state index contributed by atoms with van der Waals surface area (Å²) in [5.74, 6) is 0.304. The zero-order valence-electron chi connectivity index (χ0n) is 11.3. The van der Waals surface area contributed by atoms with Gasteiger partial charge in [0.15, 0.2) is 5.13 Å². The molecule has 1 N–H and O–H groups in total. The summed E-state index contributed by atoms with van der Waals surface area (Å²) < 4.78 is 5.53. The van der Waals surface area contributed by atoms with Crippen molar-refractivity contribution in [3.05, 3.63) is 35.3 Å². The van der Waals surface area contributed by atoms with Crippen LogP contribution in [-0.4, -0.2) is 30.5 Å². The fraction of sp³-hybridized carbons (Fsp3) is 0.214. The summed E-state index contributed by atoms with van der Waals surface area (Å²) in [4.78, 5) is 29.6. The second-order valence-corrected chi connectivity index (χ2v) is 5.42. The molecule has 0 atom stereocenters. The SMILES string of the molecule is CN1C(=O)CCOc2ccc(C(=O)Nc3nccs3)cc21. The van der Waals surface area contributed by atoms with E-state index in [1.54, 1.807) is 36.8 Å². The van der Waals surface area contributed by atoms with Crippen molar-refractivity contribution < 1.29 is 14.3 Å². The van der Waals surface area contributed by atoms with Gasteiger partial charge in [0, 0.05) is 24.2 Å². The molecule has 1 aliphatic heterocycles. The van der Waals surface area contributed by atoms with Crippen molar-refractivity contribution in [2.24, 2.45) is 0 Å². The predicted molar refractivity (Wildman–Crippen MR) is 80.0 cm³/mol. The molecule has 0 saturated heterocycles. The topological polar surface area (TPSA) is 71.5 Å². The monoisotopic (exact) mass is 303 g/mol. The first-order valence-corrected chi connectivity index (χ1v) is 7.27. The number of nitrogens with zero attached hydrogens (tertiary/aromatic N) is 2. The van der Waals surface area contributed by atoms with Crippen LogP contribution in [0.4, 0.5) is 10.8 Å². The van der Waals surface area contributed by atoms with E-state index < -0.39 is 0 Å². The molecule has 6 nitrogen and oxygen atoms in total. The zero-order valence-corrected chi connectivity index (χ0v) is 12.1. The van der Waals surface area contributed by atoms with E-state index in [-0.39, 0.29) is 11.8 Å². The molecular weight excluding hydrogens is 290 g/mol. The van der Waals surface area contributed by atoms with Gasteiger partial charge in [0.05, 0.1) is 18.7 Å². The van der Waals surface area contributed by atoms with Crippen LogP contribution in [0.1, 0.15) is 16.8 Å². The van der Waals surface area contributed by atoms with Gasteiger partial charge >= 0.3 is 0 Å². The Morgan fingerprint density at radius 1 is 1.48 bits per heavy atom. The van der Waals surface area contributed by atoms with E-state index in [2.05, 4.69) is 10.3 Å².